The predicted octanol–water partition coefficient (Wildman–Crippen LogP) is 3.88. The Morgan fingerprint density at radius 2 is 1.72 bits per heavy atom. The van der Waals surface area contributed by atoms with E-state index in [9.17, 15) is 4.79 Å². The second-order valence-electron chi connectivity index (χ2n) is 7.04. The molecule has 0 radical (unpaired) electrons. The van der Waals surface area contributed by atoms with Gasteiger partial charge in [0.2, 0.25) is 0 Å². The molecule has 1 aromatic heterocycles. The molecule has 0 fully saturated rings. The van der Waals surface area contributed by atoms with Gasteiger partial charge in [-0.25, -0.2) is 4.68 Å². The molecule has 0 aliphatic carbocycles. The van der Waals surface area contributed by atoms with Crippen molar-refractivity contribution >= 4 is 11.6 Å². The molecule has 2 aromatic carbocycles. The number of rotatable bonds is 4. The summed E-state index contributed by atoms with van der Waals surface area (Å²) in [6.45, 7) is 6.94. The molecular weight excluding hydrogens is 312 g/mol. The van der Waals surface area contributed by atoms with Gasteiger partial charge >= 0.3 is 0 Å². The maximum atomic E-state index is 12.5. The molecule has 0 atom stereocenters. The topological polar surface area (TPSA) is 59.8 Å². The van der Waals surface area contributed by atoms with Gasteiger partial charge in [0.25, 0.3) is 5.91 Å². The van der Waals surface area contributed by atoms with Crippen molar-refractivity contribution in [2.75, 3.05) is 5.32 Å². The molecule has 0 bridgehead atoms. The summed E-state index contributed by atoms with van der Waals surface area (Å²) in [6.07, 6.45) is 1.67. The lowest BCUT2D eigenvalue weighted by Crippen LogP contribution is -2.19. The molecule has 128 valence electrons. The van der Waals surface area contributed by atoms with Gasteiger partial charge in [-0.1, -0.05) is 74.5 Å². The number of nitrogens with zero attached hydrogens (tertiary/aromatic N) is 3. The maximum absolute atomic E-state index is 12.5. The van der Waals surface area contributed by atoms with Crippen LogP contribution in [0.25, 0.3) is 0 Å². The SMILES string of the molecule is CC(C)(C)c1ccccc1NC(=O)c1cn(Cc2ccccc2)nn1. The molecule has 1 heterocycles. The standard InChI is InChI=1S/C20H22N4O/c1-20(2,3)16-11-7-8-12-17(16)21-19(25)18-14-24(23-22-18)13-15-9-5-4-6-10-15/h4-12,14H,13H2,1-3H3,(H,21,25). The lowest BCUT2D eigenvalue weighted by Gasteiger charge is -2.22. The summed E-state index contributed by atoms with van der Waals surface area (Å²) in [5.41, 5.74) is 3.24. The van der Waals surface area contributed by atoms with Crippen molar-refractivity contribution in [3.8, 4) is 0 Å². The number of amides is 1. The zero-order chi connectivity index (χ0) is 17.9. The van der Waals surface area contributed by atoms with Crippen LogP contribution < -0.4 is 5.32 Å². The third-order valence-electron chi connectivity index (χ3n) is 3.94. The third-order valence-corrected chi connectivity index (χ3v) is 3.94. The minimum atomic E-state index is -0.254. The summed E-state index contributed by atoms with van der Waals surface area (Å²) in [5.74, 6) is -0.254. The molecule has 3 rings (SSSR count). The average Bonchev–Trinajstić information content (AvgIpc) is 3.04. The summed E-state index contributed by atoms with van der Waals surface area (Å²) < 4.78 is 1.67. The molecule has 25 heavy (non-hydrogen) atoms. The fourth-order valence-electron chi connectivity index (χ4n) is 2.68. The second kappa shape index (κ2) is 6.89. The van der Waals surface area contributed by atoms with Crippen molar-refractivity contribution in [2.45, 2.75) is 32.7 Å². The summed E-state index contributed by atoms with van der Waals surface area (Å²) in [5, 5.41) is 11.0. The molecule has 5 nitrogen and oxygen atoms in total. The number of aromatic nitrogens is 3. The van der Waals surface area contributed by atoms with Crippen LogP contribution >= 0.6 is 0 Å². The first-order chi connectivity index (χ1) is 11.9. The summed E-state index contributed by atoms with van der Waals surface area (Å²) in [6, 6.07) is 17.8. The van der Waals surface area contributed by atoms with Gasteiger partial charge in [0.1, 0.15) is 0 Å². The zero-order valence-corrected chi connectivity index (χ0v) is 14.7. The highest BCUT2D eigenvalue weighted by Gasteiger charge is 2.20. The van der Waals surface area contributed by atoms with Crippen LogP contribution in [0.4, 0.5) is 5.69 Å². The lowest BCUT2D eigenvalue weighted by molar-refractivity contribution is 0.102. The Morgan fingerprint density at radius 3 is 2.44 bits per heavy atom. The number of carbonyl (C=O) groups excluding carboxylic acids is 1. The molecule has 3 aromatic rings. The van der Waals surface area contributed by atoms with E-state index in [0.717, 1.165) is 16.8 Å². The number of nitrogens with one attached hydrogen (secondary N) is 1. The van der Waals surface area contributed by atoms with Gasteiger partial charge in [-0.3, -0.25) is 4.79 Å². The minimum absolute atomic E-state index is 0.0607. The molecule has 5 heteroatoms. The van der Waals surface area contributed by atoms with Crippen LogP contribution in [0, 0.1) is 0 Å². The van der Waals surface area contributed by atoms with Crippen molar-refractivity contribution in [2.24, 2.45) is 0 Å². The number of hydrogen-bond acceptors (Lipinski definition) is 3. The van der Waals surface area contributed by atoms with Crippen LogP contribution in [0.15, 0.2) is 60.8 Å². The smallest absolute Gasteiger partial charge is 0.277 e. The van der Waals surface area contributed by atoms with E-state index >= 15 is 0 Å². The van der Waals surface area contributed by atoms with Gasteiger partial charge < -0.3 is 5.32 Å². The normalized spacial score (nSPS) is 11.3. The van der Waals surface area contributed by atoms with E-state index < -0.39 is 0 Å². The largest absolute Gasteiger partial charge is 0.320 e. The van der Waals surface area contributed by atoms with Crippen molar-refractivity contribution in [3.05, 3.63) is 77.6 Å². The van der Waals surface area contributed by atoms with Crippen LogP contribution in [0.3, 0.4) is 0 Å². The van der Waals surface area contributed by atoms with Crippen LogP contribution in [0.1, 0.15) is 42.4 Å². The van der Waals surface area contributed by atoms with E-state index in [2.05, 4.69) is 36.4 Å². The molecular formula is C20H22N4O. The van der Waals surface area contributed by atoms with E-state index in [1.807, 2.05) is 54.6 Å². The van der Waals surface area contributed by atoms with Crippen molar-refractivity contribution in [1.82, 2.24) is 15.0 Å². The van der Waals surface area contributed by atoms with Crippen LogP contribution in [0.2, 0.25) is 0 Å². The monoisotopic (exact) mass is 334 g/mol. The summed E-state index contributed by atoms with van der Waals surface area (Å²) >= 11 is 0. The fourth-order valence-corrected chi connectivity index (χ4v) is 2.68. The van der Waals surface area contributed by atoms with Gasteiger partial charge in [-0.05, 0) is 22.6 Å². The van der Waals surface area contributed by atoms with Gasteiger partial charge in [0.05, 0.1) is 12.7 Å². The molecule has 0 unspecified atom stereocenters. The van der Waals surface area contributed by atoms with E-state index in [1.165, 1.54) is 0 Å². The highest BCUT2D eigenvalue weighted by molar-refractivity contribution is 6.03. The number of para-hydroxylation sites is 1. The number of anilines is 1. The zero-order valence-electron chi connectivity index (χ0n) is 14.7. The Morgan fingerprint density at radius 1 is 1.04 bits per heavy atom. The molecule has 0 aliphatic rings. The molecule has 1 N–H and O–H groups in total. The predicted molar refractivity (Wildman–Crippen MR) is 98.7 cm³/mol. The van der Waals surface area contributed by atoms with Crippen LogP contribution in [0.5, 0.6) is 0 Å². The molecule has 1 amide bonds. The average molecular weight is 334 g/mol. The quantitative estimate of drug-likeness (QED) is 0.788. The van der Waals surface area contributed by atoms with Gasteiger partial charge in [-0.2, -0.15) is 0 Å². The highest BCUT2D eigenvalue weighted by atomic mass is 16.2. The van der Waals surface area contributed by atoms with Crippen molar-refractivity contribution < 1.29 is 4.79 Å². The maximum Gasteiger partial charge on any atom is 0.277 e. The third kappa shape index (κ3) is 4.12. The number of hydrogen-bond donors (Lipinski definition) is 1. The Balaban J connectivity index is 1.75. The molecule has 0 saturated heterocycles. The van der Waals surface area contributed by atoms with E-state index in [4.69, 9.17) is 0 Å². The van der Waals surface area contributed by atoms with Gasteiger partial charge in [0.15, 0.2) is 5.69 Å². The summed E-state index contributed by atoms with van der Waals surface area (Å²) in [7, 11) is 0. The molecule has 0 saturated carbocycles. The Labute approximate surface area is 147 Å². The van der Waals surface area contributed by atoms with E-state index in [0.29, 0.717) is 12.2 Å². The van der Waals surface area contributed by atoms with E-state index in [1.54, 1.807) is 10.9 Å². The van der Waals surface area contributed by atoms with Gasteiger partial charge in [0, 0.05) is 5.69 Å². The van der Waals surface area contributed by atoms with Crippen LogP contribution in [-0.4, -0.2) is 20.9 Å². The van der Waals surface area contributed by atoms with Crippen molar-refractivity contribution in [1.29, 1.82) is 0 Å². The molecule has 0 spiro atoms. The van der Waals surface area contributed by atoms with E-state index in [-0.39, 0.29) is 11.3 Å². The Bertz CT molecular complexity index is 863. The second-order valence-corrected chi connectivity index (χ2v) is 7.04. The first-order valence-electron chi connectivity index (χ1n) is 8.28. The summed E-state index contributed by atoms with van der Waals surface area (Å²) in [4.78, 5) is 12.5. The van der Waals surface area contributed by atoms with Crippen LogP contribution in [-0.2, 0) is 12.0 Å². The van der Waals surface area contributed by atoms with Gasteiger partial charge in [-0.15, -0.1) is 5.10 Å². The van der Waals surface area contributed by atoms with Crippen molar-refractivity contribution in [3.63, 3.8) is 0 Å². The molecule has 0 aliphatic heterocycles. The Hall–Kier alpha value is -2.95. The fraction of sp³-hybridized carbons (Fsp3) is 0.250. The first kappa shape index (κ1) is 16.9. The minimum Gasteiger partial charge on any atom is -0.320 e. The Kier molecular flexibility index (Phi) is 4.65. The number of benzene rings is 2. The highest BCUT2D eigenvalue weighted by Crippen LogP contribution is 2.29. The number of carbonyl (C=O) groups is 1. The lowest BCUT2D eigenvalue weighted by atomic mass is 9.86. The first-order valence-corrected chi connectivity index (χ1v) is 8.28.